The van der Waals surface area contributed by atoms with E-state index in [4.69, 9.17) is 0 Å². The molecule has 1 amide bonds. The second kappa shape index (κ2) is 7.47. The second-order valence-corrected chi connectivity index (χ2v) is 7.35. The van der Waals surface area contributed by atoms with Crippen LogP contribution in [0.25, 0.3) is 0 Å². The minimum Gasteiger partial charge on any atom is -0.339 e. The number of aromatic nitrogens is 2. The number of aryl methyl sites for hydroxylation is 1. The summed E-state index contributed by atoms with van der Waals surface area (Å²) in [6.07, 6.45) is 11.8. The molecule has 0 aliphatic carbocycles. The van der Waals surface area contributed by atoms with Crippen LogP contribution in [0.15, 0.2) is 18.7 Å². The van der Waals surface area contributed by atoms with Crippen molar-refractivity contribution in [1.82, 2.24) is 19.4 Å². The number of hydrogen-bond donors (Lipinski definition) is 0. The van der Waals surface area contributed by atoms with Gasteiger partial charge in [-0.25, -0.2) is 4.98 Å². The Labute approximate surface area is 139 Å². The Morgan fingerprint density at radius 1 is 1.22 bits per heavy atom. The van der Waals surface area contributed by atoms with Crippen molar-refractivity contribution in [2.45, 2.75) is 64.6 Å². The Bertz CT molecular complexity index is 491. The Hall–Kier alpha value is -1.36. The Morgan fingerprint density at radius 2 is 2.00 bits per heavy atom. The van der Waals surface area contributed by atoms with E-state index >= 15 is 0 Å². The summed E-state index contributed by atoms with van der Waals surface area (Å²) in [5.41, 5.74) is 0. The van der Waals surface area contributed by atoms with Crippen LogP contribution in [0.5, 0.6) is 0 Å². The van der Waals surface area contributed by atoms with Crippen molar-refractivity contribution in [3.8, 4) is 0 Å². The van der Waals surface area contributed by atoms with E-state index in [0.717, 1.165) is 38.5 Å². The number of hydrogen-bond acceptors (Lipinski definition) is 3. The fourth-order valence-electron chi connectivity index (χ4n) is 4.07. The molecular weight excluding hydrogens is 288 g/mol. The Kier molecular flexibility index (Phi) is 5.36. The number of piperidine rings is 1. The Balaban J connectivity index is 1.39. The van der Waals surface area contributed by atoms with Gasteiger partial charge >= 0.3 is 0 Å². The molecule has 1 aromatic rings. The molecule has 2 aliphatic heterocycles. The molecule has 0 saturated carbocycles. The van der Waals surface area contributed by atoms with Gasteiger partial charge in [-0.2, -0.15) is 0 Å². The number of amides is 1. The van der Waals surface area contributed by atoms with Gasteiger partial charge in [-0.1, -0.05) is 0 Å². The number of carbonyl (C=O) groups is 1. The molecule has 2 aliphatic rings. The maximum atomic E-state index is 12.5. The lowest BCUT2D eigenvalue weighted by atomic mass is 9.91. The van der Waals surface area contributed by atoms with E-state index in [1.54, 1.807) is 0 Å². The fraction of sp³-hybridized carbons (Fsp3) is 0.778. The van der Waals surface area contributed by atoms with E-state index in [0.29, 0.717) is 11.9 Å². The fourth-order valence-corrected chi connectivity index (χ4v) is 4.07. The molecule has 5 heteroatoms. The molecule has 2 saturated heterocycles. The van der Waals surface area contributed by atoms with E-state index in [2.05, 4.69) is 28.3 Å². The zero-order chi connectivity index (χ0) is 16.2. The SMILES string of the molecule is CC(C)N1CCC(N2CCC(CCCn3ccnc3)CC2)C1=O. The van der Waals surface area contributed by atoms with Gasteiger partial charge in [0.2, 0.25) is 5.91 Å². The standard InChI is InChI=1S/C18H30N4O/c1-15(2)22-12-7-17(18(22)23)21-10-5-16(6-11-21)4-3-9-20-13-8-19-14-20/h8,13-17H,3-7,9-12H2,1-2H3. The summed E-state index contributed by atoms with van der Waals surface area (Å²) in [6, 6.07) is 0.498. The van der Waals surface area contributed by atoms with Crippen LogP contribution in [0.3, 0.4) is 0 Å². The molecule has 0 bridgehead atoms. The minimum absolute atomic E-state index is 0.157. The molecular formula is C18H30N4O. The normalized spacial score (nSPS) is 24.0. The van der Waals surface area contributed by atoms with Gasteiger partial charge in [0.15, 0.2) is 0 Å². The molecule has 5 nitrogen and oxygen atoms in total. The van der Waals surface area contributed by atoms with Crippen LogP contribution in [0.2, 0.25) is 0 Å². The maximum absolute atomic E-state index is 12.5. The summed E-state index contributed by atoms with van der Waals surface area (Å²) in [5, 5.41) is 0. The molecule has 0 spiro atoms. The Morgan fingerprint density at radius 3 is 2.61 bits per heavy atom. The summed E-state index contributed by atoms with van der Waals surface area (Å²) in [7, 11) is 0. The lowest BCUT2D eigenvalue weighted by Crippen LogP contribution is -2.46. The largest absolute Gasteiger partial charge is 0.339 e. The van der Waals surface area contributed by atoms with Crippen molar-refractivity contribution in [3.05, 3.63) is 18.7 Å². The highest BCUT2D eigenvalue weighted by atomic mass is 16.2. The first-order valence-electron chi connectivity index (χ1n) is 9.15. The first-order valence-corrected chi connectivity index (χ1v) is 9.15. The molecule has 1 aromatic heterocycles. The van der Waals surface area contributed by atoms with Crippen molar-refractivity contribution >= 4 is 5.91 Å². The molecule has 23 heavy (non-hydrogen) atoms. The second-order valence-electron chi connectivity index (χ2n) is 7.35. The van der Waals surface area contributed by atoms with Gasteiger partial charge in [0.25, 0.3) is 0 Å². The van der Waals surface area contributed by atoms with Crippen LogP contribution in [0.4, 0.5) is 0 Å². The lowest BCUT2D eigenvalue weighted by Gasteiger charge is -2.35. The third-order valence-corrected chi connectivity index (χ3v) is 5.51. The number of likely N-dealkylation sites (tertiary alicyclic amines) is 2. The molecule has 3 heterocycles. The van der Waals surface area contributed by atoms with E-state index in [1.165, 1.54) is 25.7 Å². The van der Waals surface area contributed by atoms with Crippen molar-refractivity contribution in [3.63, 3.8) is 0 Å². The third-order valence-electron chi connectivity index (χ3n) is 5.51. The molecule has 2 fully saturated rings. The third kappa shape index (κ3) is 3.94. The number of carbonyl (C=O) groups excluding carboxylic acids is 1. The van der Waals surface area contributed by atoms with Crippen LogP contribution in [-0.2, 0) is 11.3 Å². The van der Waals surface area contributed by atoms with E-state index in [-0.39, 0.29) is 6.04 Å². The van der Waals surface area contributed by atoms with Crippen molar-refractivity contribution in [1.29, 1.82) is 0 Å². The van der Waals surface area contributed by atoms with Gasteiger partial charge in [0, 0.05) is 31.5 Å². The quantitative estimate of drug-likeness (QED) is 0.809. The monoisotopic (exact) mass is 318 g/mol. The van der Waals surface area contributed by atoms with Gasteiger partial charge in [0.05, 0.1) is 12.4 Å². The summed E-state index contributed by atoms with van der Waals surface area (Å²) in [6.45, 7) is 8.44. The van der Waals surface area contributed by atoms with Crippen molar-refractivity contribution < 1.29 is 4.79 Å². The molecule has 0 N–H and O–H groups in total. The first kappa shape index (κ1) is 16.5. The summed E-state index contributed by atoms with van der Waals surface area (Å²) < 4.78 is 2.16. The van der Waals surface area contributed by atoms with Gasteiger partial charge in [0.1, 0.15) is 0 Å². The highest BCUT2D eigenvalue weighted by molar-refractivity contribution is 5.84. The zero-order valence-electron chi connectivity index (χ0n) is 14.5. The molecule has 3 rings (SSSR count). The van der Waals surface area contributed by atoms with Crippen LogP contribution < -0.4 is 0 Å². The molecule has 128 valence electrons. The highest BCUT2D eigenvalue weighted by Gasteiger charge is 2.38. The number of nitrogens with zero attached hydrogens (tertiary/aromatic N) is 4. The van der Waals surface area contributed by atoms with Crippen LogP contribution in [-0.4, -0.2) is 57.0 Å². The number of rotatable bonds is 6. The first-order chi connectivity index (χ1) is 11.1. The average Bonchev–Trinajstić information content (AvgIpc) is 3.18. The summed E-state index contributed by atoms with van der Waals surface area (Å²) in [5.74, 6) is 1.19. The minimum atomic E-state index is 0.157. The summed E-state index contributed by atoms with van der Waals surface area (Å²) >= 11 is 0. The van der Waals surface area contributed by atoms with Crippen LogP contribution in [0, 0.1) is 5.92 Å². The molecule has 0 radical (unpaired) electrons. The number of imidazole rings is 1. The van der Waals surface area contributed by atoms with Gasteiger partial charge in [-0.05, 0) is 65.0 Å². The predicted molar refractivity (Wildman–Crippen MR) is 91.0 cm³/mol. The van der Waals surface area contributed by atoms with Crippen molar-refractivity contribution in [2.24, 2.45) is 5.92 Å². The zero-order valence-corrected chi connectivity index (χ0v) is 14.5. The molecule has 1 unspecified atom stereocenters. The topological polar surface area (TPSA) is 41.4 Å². The van der Waals surface area contributed by atoms with Crippen molar-refractivity contribution in [2.75, 3.05) is 19.6 Å². The van der Waals surface area contributed by atoms with E-state index in [9.17, 15) is 4.79 Å². The van der Waals surface area contributed by atoms with Gasteiger partial charge in [-0.3, -0.25) is 9.69 Å². The molecule has 1 atom stereocenters. The summed E-state index contributed by atoms with van der Waals surface area (Å²) in [4.78, 5) is 21.1. The van der Waals surface area contributed by atoms with E-state index in [1.807, 2.05) is 23.6 Å². The predicted octanol–water partition coefficient (Wildman–Crippen LogP) is 2.38. The van der Waals surface area contributed by atoms with Crippen LogP contribution >= 0.6 is 0 Å². The molecule has 0 aromatic carbocycles. The lowest BCUT2D eigenvalue weighted by molar-refractivity contribution is -0.134. The van der Waals surface area contributed by atoms with Gasteiger partial charge < -0.3 is 9.47 Å². The smallest absolute Gasteiger partial charge is 0.240 e. The maximum Gasteiger partial charge on any atom is 0.240 e. The van der Waals surface area contributed by atoms with E-state index < -0.39 is 0 Å². The van der Waals surface area contributed by atoms with Crippen LogP contribution in [0.1, 0.15) is 46.0 Å². The van der Waals surface area contributed by atoms with Gasteiger partial charge in [-0.15, -0.1) is 0 Å². The average molecular weight is 318 g/mol. The highest BCUT2D eigenvalue weighted by Crippen LogP contribution is 2.27.